The van der Waals surface area contributed by atoms with Gasteiger partial charge in [0.2, 0.25) is 0 Å². The van der Waals surface area contributed by atoms with Crippen LogP contribution in [0.5, 0.6) is 0 Å². The van der Waals surface area contributed by atoms with Crippen LogP contribution < -0.4 is 10.2 Å². The Morgan fingerprint density at radius 1 is 1.12 bits per heavy atom. The van der Waals surface area contributed by atoms with Crippen molar-refractivity contribution in [2.45, 2.75) is 37.1 Å². The molecule has 0 saturated heterocycles. The first kappa shape index (κ1) is 24.4. The summed E-state index contributed by atoms with van der Waals surface area (Å²) in [4.78, 5) is 14.4. The van der Waals surface area contributed by atoms with E-state index < -0.39 is 5.97 Å². The summed E-state index contributed by atoms with van der Waals surface area (Å²) >= 11 is 7.92. The Bertz CT molecular complexity index is 1160. The Morgan fingerprint density at radius 3 is 2.76 bits per heavy atom. The highest BCUT2D eigenvalue weighted by Gasteiger charge is 2.19. The van der Waals surface area contributed by atoms with E-state index in [-0.39, 0.29) is 18.7 Å². The highest BCUT2D eigenvalue weighted by molar-refractivity contribution is 7.99. The number of benzene rings is 3. The number of thioether (sulfide) groups is 1. The molecule has 0 radical (unpaired) electrons. The predicted molar refractivity (Wildman–Crippen MR) is 139 cm³/mol. The van der Waals surface area contributed by atoms with Crippen molar-refractivity contribution in [3.05, 3.63) is 88.2 Å². The molecule has 3 aromatic carbocycles. The van der Waals surface area contributed by atoms with Crippen molar-refractivity contribution in [1.29, 1.82) is 0 Å². The third-order valence-electron chi connectivity index (χ3n) is 6.01. The maximum absolute atomic E-state index is 14.4. The van der Waals surface area contributed by atoms with E-state index in [0.717, 1.165) is 36.7 Å². The highest BCUT2D eigenvalue weighted by atomic mass is 35.5. The van der Waals surface area contributed by atoms with E-state index in [1.807, 2.05) is 36.0 Å². The second-order valence-corrected chi connectivity index (χ2v) is 9.97. The average molecular weight is 499 g/mol. The molecule has 0 unspecified atom stereocenters. The van der Waals surface area contributed by atoms with E-state index in [4.69, 9.17) is 16.7 Å². The second kappa shape index (κ2) is 11.6. The summed E-state index contributed by atoms with van der Waals surface area (Å²) in [7, 11) is 0. The summed E-state index contributed by atoms with van der Waals surface area (Å²) in [5.74, 6) is -0.312. The van der Waals surface area contributed by atoms with Crippen LogP contribution >= 0.6 is 23.4 Å². The van der Waals surface area contributed by atoms with Crippen molar-refractivity contribution >= 4 is 40.7 Å². The maximum Gasteiger partial charge on any atom is 0.303 e. The molecule has 3 aromatic rings. The van der Waals surface area contributed by atoms with Crippen molar-refractivity contribution in [1.82, 2.24) is 0 Å². The second-order valence-electron chi connectivity index (χ2n) is 8.36. The van der Waals surface area contributed by atoms with Crippen LogP contribution in [0.15, 0.2) is 65.6 Å². The third kappa shape index (κ3) is 6.45. The molecule has 0 bridgehead atoms. The number of carbonyl (C=O) groups is 1. The quantitative estimate of drug-likeness (QED) is 0.306. The van der Waals surface area contributed by atoms with Gasteiger partial charge in [0, 0.05) is 53.1 Å². The highest BCUT2D eigenvalue weighted by Crippen LogP contribution is 2.31. The van der Waals surface area contributed by atoms with Gasteiger partial charge in [-0.15, -0.1) is 11.8 Å². The molecule has 4 nitrogen and oxygen atoms in total. The van der Waals surface area contributed by atoms with Crippen LogP contribution in [-0.2, 0) is 24.2 Å². The molecule has 4 rings (SSSR count). The molecule has 0 aromatic heterocycles. The van der Waals surface area contributed by atoms with Gasteiger partial charge >= 0.3 is 5.97 Å². The summed E-state index contributed by atoms with van der Waals surface area (Å²) in [5.41, 5.74) is 4.98. The Morgan fingerprint density at radius 2 is 1.97 bits per heavy atom. The molecule has 0 aliphatic carbocycles. The van der Waals surface area contributed by atoms with Crippen LogP contribution in [0.1, 0.15) is 29.5 Å². The lowest BCUT2D eigenvalue weighted by Gasteiger charge is -2.32. The number of fused-ring (bicyclic) bond motifs is 1. The average Bonchev–Trinajstić information content (AvgIpc) is 2.82. The number of anilines is 2. The van der Waals surface area contributed by atoms with Crippen molar-refractivity contribution in [2.75, 3.05) is 29.1 Å². The molecule has 0 saturated carbocycles. The molecule has 7 heteroatoms. The lowest BCUT2D eigenvalue weighted by Crippen LogP contribution is -2.32. The number of rotatable bonds is 10. The number of carboxylic acids is 1. The molecular formula is C27H28ClFN2O2S. The molecule has 0 fully saturated rings. The van der Waals surface area contributed by atoms with Gasteiger partial charge in [-0.2, -0.15) is 0 Å². The lowest BCUT2D eigenvalue weighted by atomic mass is 9.96. The zero-order valence-electron chi connectivity index (χ0n) is 18.9. The van der Waals surface area contributed by atoms with Gasteiger partial charge in [-0.25, -0.2) is 4.39 Å². The van der Waals surface area contributed by atoms with Crippen LogP contribution in [0.2, 0.25) is 5.02 Å². The molecule has 178 valence electrons. The number of aryl methyl sites for hydroxylation is 1. The topological polar surface area (TPSA) is 52.6 Å². The van der Waals surface area contributed by atoms with Crippen LogP contribution in [0.25, 0.3) is 0 Å². The number of carboxylic acid groups (broad SMARTS) is 1. The van der Waals surface area contributed by atoms with Gasteiger partial charge in [0.25, 0.3) is 0 Å². The fourth-order valence-electron chi connectivity index (χ4n) is 4.30. The van der Waals surface area contributed by atoms with Gasteiger partial charge < -0.3 is 15.3 Å². The first-order chi connectivity index (χ1) is 16.5. The van der Waals surface area contributed by atoms with Crippen LogP contribution in [0, 0.1) is 5.82 Å². The molecule has 2 N–H and O–H groups in total. The Hall–Kier alpha value is -2.70. The minimum Gasteiger partial charge on any atom is -0.481 e. The zero-order valence-corrected chi connectivity index (χ0v) is 20.5. The molecule has 0 atom stereocenters. The van der Waals surface area contributed by atoms with E-state index in [1.54, 1.807) is 6.07 Å². The summed E-state index contributed by atoms with van der Waals surface area (Å²) < 4.78 is 14.4. The molecule has 1 heterocycles. The Kier molecular flexibility index (Phi) is 8.35. The van der Waals surface area contributed by atoms with Gasteiger partial charge in [-0.1, -0.05) is 35.9 Å². The number of aliphatic carboxylic acids is 1. The largest absolute Gasteiger partial charge is 0.481 e. The summed E-state index contributed by atoms with van der Waals surface area (Å²) in [6, 6.07) is 19.3. The van der Waals surface area contributed by atoms with Crippen molar-refractivity contribution in [3.63, 3.8) is 0 Å². The van der Waals surface area contributed by atoms with Crippen LogP contribution in [-0.4, -0.2) is 29.9 Å². The van der Waals surface area contributed by atoms with E-state index in [0.29, 0.717) is 17.8 Å². The summed E-state index contributed by atoms with van der Waals surface area (Å²) in [6.07, 6.45) is 2.26. The summed E-state index contributed by atoms with van der Waals surface area (Å²) in [6.45, 7) is 2.62. The molecular weight excluding hydrogens is 471 g/mol. The molecule has 0 amide bonds. The van der Waals surface area contributed by atoms with Gasteiger partial charge in [0.15, 0.2) is 0 Å². The number of nitrogens with zero attached hydrogens (tertiary/aromatic N) is 1. The minimum absolute atomic E-state index is 0.0754. The number of halogens is 2. The Balaban J connectivity index is 1.38. The number of hydrogen-bond donors (Lipinski definition) is 2. The molecule has 1 aliphatic heterocycles. The number of hydrogen-bond acceptors (Lipinski definition) is 4. The van der Waals surface area contributed by atoms with Gasteiger partial charge in [0.05, 0.1) is 0 Å². The maximum atomic E-state index is 14.4. The Labute approximate surface area is 209 Å². The van der Waals surface area contributed by atoms with Crippen LogP contribution in [0.3, 0.4) is 0 Å². The predicted octanol–water partition coefficient (Wildman–Crippen LogP) is 6.65. The van der Waals surface area contributed by atoms with Gasteiger partial charge in [-0.05, 0) is 72.4 Å². The van der Waals surface area contributed by atoms with Crippen molar-refractivity contribution < 1.29 is 14.3 Å². The first-order valence-corrected chi connectivity index (χ1v) is 12.8. The zero-order chi connectivity index (χ0) is 23.9. The van der Waals surface area contributed by atoms with Gasteiger partial charge in [0.1, 0.15) is 5.82 Å². The lowest BCUT2D eigenvalue weighted by molar-refractivity contribution is -0.136. The number of nitrogens with one attached hydrogen (secondary N) is 1. The normalized spacial score (nSPS) is 12.9. The third-order valence-corrected chi connectivity index (χ3v) is 7.22. The van der Waals surface area contributed by atoms with E-state index in [9.17, 15) is 9.18 Å². The van der Waals surface area contributed by atoms with E-state index in [2.05, 4.69) is 34.5 Å². The van der Waals surface area contributed by atoms with Gasteiger partial charge in [-0.3, -0.25) is 4.79 Å². The molecule has 34 heavy (non-hydrogen) atoms. The SMILES string of the molecule is O=C(O)CCc1ccc(NCc2cccc3c2CCCN3CCSc2cccc(Cl)c2)cc1F. The molecule has 1 aliphatic rings. The monoisotopic (exact) mass is 498 g/mol. The first-order valence-electron chi connectivity index (χ1n) is 11.5. The summed E-state index contributed by atoms with van der Waals surface area (Å²) in [5, 5.41) is 12.9. The van der Waals surface area contributed by atoms with Crippen molar-refractivity contribution in [3.8, 4) is 0 Å². The van der Waals surface area contributed by atoms with E-state index >= 15 is 0 Å². The van der Waals surface area contributed by atoms with Crippen LogP contribution in [0.4, 0.5) is 15.8 Å². The van der Waals surface area contributed by atoms with E-state index in [1.165, 1.54) is 27.8 Å². The fourth-order valence-corrected chi connectivity index (χ4v) is 5.49. The van der Waals surface area contributed by atoms with Crippen molar-refractivity contribution in [2.24, 2.45) is 0 Å². The smallest absolute Gasteiger partial charge is 0.303 e. The fraction of sp³-hybridized carbons (Fsp3) is 0.296. The minimum atomic E-state index is -0.924. The standard InChI is InChI=1S/C27H28ClFN2O2S/c28-21-5-2-6-23(16-21)34-15-14-31-13-3-7-24-20(4-1-8-26(24)31)18-30-22-11-9-19(25(29)17-22)10-12-27(32)33/h1-2,4-6,8-9,11,16-17,30H,3,7,10,12-15,18H2,(H,32,33). The molecule has 0 spiro atoms.